The molecular formula is C16H14F3N5O4S. The topological polar surface area (TPSA) is 127 Å². The van der Waals surface area contributed by atoms with E-state index in [1.165, 1.54) is 12.1 Å². The van der Waals surface area contributed by atoms with E-state index in [0.717, 1.165) is 25.6 Å². The number of aromatic amines is 1. The number of halogens is 3. The number of sulfone groups is 1. The molecule has 13 heteroatoms. The molecule has 2 aromatic heterocycles. The lowest BCUT2D eigenvalue weighted by molar-refractivity contribution is -0.141. The van der Waals surface area contributed by atoms with Crippen LogP contribution in [0.3, 0.4) is 0 Å². The van der Waals surface area contributed by atoms with Gasteiger partial charge in [0.05, 0.1) is 35.1 Å². The summed E-state index contributed by atoms with van der Waals surface area (Å²) in [4.78, 5) is 25.8. The molecule has 0 amide bonds. The van der Waals surface area contributed by atoms with Crippen molar-refractivity contribution in [3.8, 4) is 0 Å². The molecule has 0 fully saturated rings. The van der Waals surface area contributed by atoms with Gasteiger partial charge in [0, 0.05) is 12.5 Å². The molecule has 0 aliphatic heterocycles. The van der Waals surface area contributed by atoms with Gasteiger partial charge in [-0.3, -0.25) is 0 Å². The second-order valence-electron chi connectivity index (χ2n) is 5.93. The molecule has 154 valence electrons. The van der Waals surface area contributed by atoms with Crippen molar-refractivity contribution < 1.29 is 31.1 Å². The highest BCUT2D eigenvalue weighted by Crippen LogP contribution is 2.28. The van der Waals surface area contributed by atoms with E-state index in [-0.39, 0.29) is 34.3 Å². The highest BCUT2D eigenvalue weighted by atomic mass is 32.2. The van der Waals surface area contributed by atoms with E-state index in [1.807, 2.05) is 0 Å². The average Bonchev–Trinajstić information content (AvgIpc) is 3.05. The lowest BCUT2D eigenvalue weighted by atomic mass is 10.2. The van der Waals surface area contributed by atoms with Gasteiger partial charge < -0.3 is 15.0 Å². The number of rotatable bonds is 5. The molecule has 0 unspecified atom stereocenters. The van der Waals surface area contributed by atoms with Gasteiger partial charge in [0.25, 0.3) is 0 Å². The SMILES string of the molecule is COC(=O)c1cc2nc(CNc3nccc(C(F)(F)F)n3)[nH]c2cc1S(C)(=O)=O. The van der Waals surface area contributed by atoms with Gasteiger partial charge in [0.1, 0.15) is 11.5 Å². The molecule has 3 rings (SSSR count). The molecule has 0 spiro atoms. The number of nitrogens with one attached hydrogen (secondary N) is 2. The van der Waals surface area contributed by atoms with Gasteiger partial charge in [-0.2, -0.15) is 13.2 Å². The summed E-state index contributed by atoms with van der Waals surface area (Å²) in [7, 11) is -2.62. The Morgan fingerprint density at radius 3 is 2.62 bits per heavy atom. The van der Waals surface area contributed by atoms with Gasteiger partial charge in [0.2, 0.25) is 5.95 Å². The van der Waals surface area contributed by atoms with Crippen molar-refractivity contribution in [2.75, 3.05) is 18.7 Å². The second kappa shape index (κ2) is 7.31. The Morgan fingerprint density at radius 2 is 2.00 bits per heavy atom. The average molecular weight is 429 g/mol. The molecule has 0 bridgehead atoms. The normalized spacial score (nSPS) is 12.2. The van der Waals surface area contributed by atoms with E-state index in [9.17, 15) is 26.4 Å². The maximum Gasteiger partial charge on any atom is 0.433 e. The number of benzene rings is 1. The van der Waals surface area contributed by atoms with Crippen LogP contribution in [-0.4, -0.2) is 47.7 Å². The number of hydrogen-bond acceptors (Lipinski definition) is 8. The standard InChI is InChI=1S/C16H14F3N5O4S/c1-28-14(25)8-5-9-10(6-11(8)29(2,26)27)23-13(22-9)7-21-15-20-4-3-12(24-15)16(17,18)19/h3-6H,7H2,1-2H3,(H,22,23)(H,20,21,24). The number of anilines is 1. The molecule has 3 aromatic rings. The van der Waals surface area contributed by atoms with E-state index in [4.69, 9.17) is 0 Å². The van der Waals surface area contributed by atoms with Gasteiger partial charge in [-0.1, -0.05) is 0 Å². The largest absolute Gasteiger partial charge is 0.465 e. The Kier molecular flexibility index (Phi) is 5.17. The number of fused-ring (bicyclic) bond motifs is 1. The fourth-order valence-electron chi connectivity index (χ4n) is 2.51. The molecular weight excluding hydrogens is 415 g/mol. The van der Waals surface area contributed by atoms with Crippen LogP contribution < -0.4 is 5.32 Å². The lowest BCUT2D eigenvalue weighted by Gasteiger charge is -2.07. The van der Waals surface area contributed by atoms with E-state index < -0.39 is 27.7 Å². The fourth-order valence-corrected chi connectivity index (χ4v) is 3.39. The summed E-state index contributed by atoms with van der Waals surface area (Å²) in [6, 6.07) is 3.25. The number of imidazole rings is 1. The summed E-state index contributed by atoms with van der Waals surface area (Å²) < 4.78 is 66.7. The Labute approximate surface area is 162 Å². The van der Waals surface area contributed by atoms with Crippen LogP contribution in [0.4, 0.5) is 19.1 Å². The molecule has 0 radical (unpaired) electrons. The first kappa shape index (κ1) is 20.5. The van der Waals surface area contributed by atoms with Crippen molar-refractivity contribution in [1.82, 2.24) is 19.9 Å². The molecule has 0 aliphatic rings. The van der Waals surface area contributed by atoms with Gasteiger partial charge in [0.15, 0.2) is 9.84 Å². The van der Waals surface area contributed by atoms with Gasteiger partial charge >= 0.3 is 12.1 Å². The highest BCUT2D eigenvalue weighted by Gasteiger charge is 2.32. The van der Waals surface area contributed by atoms with Gasteiger partial charge in [-0.25, -0.2) is 28.2 Å². The summed E-state index contributed by atoms with van der Waals surface area (Å²) >= 11 is 0. The number of esters is 1. The molecule has 0 saturated heterocycles. The predicted octanol–water partition coefficient (Wildman–Crippen LogP) is 2.17. The Hall–Kier alpha value is -3.22. The zero-order chi connectivity index (χ0) is 21.4. The molecule has 29 heavy (non-hydrogen) atoms. The maximum absolute atomic E-state index is 12.7. The van der Waals surface area contributed by atoms with E-state index in [1.54, 1.807) is 0 Å². The van der Waals surface area contributed by atoms with Gasteiger partial charge in [-0.05, 0) is 18.2 Å². The minimum absolute atomic E-state index is 0.0717. The summed E-state index contributed by atoms with van der Waals surface area (Å²) in [5, 5.41) is 2.60. The number of nitrogens with zero attached hydrogens (tertiary/aromatic N) is 3. The number of hydrogen-bond donors (Lipinski definition) is 2. The summed E-state index contributed by atoms with van der Waals surface area (Å²) in [6.45, 7) is -0.0717. The third-order valence-corrected chi connectivity index (χ3v) is 4.93. The smallest absolute Gasteiger partial charge is 0.433 e. The number of carbonyl (C=O) groups excluding carboxylic acids is 1. The van der Waals surface area contributed by atoms with E-state index in [0.29, 0.717) is 5.52 Å². The van der Waals surface area contributed by atoms with Crippen LogP contribution in [0, 0.1) is 0 Å². The zero-order valence-electron chi connectivity index (χ0n) is 15.0. The van der Waals surface area contributed by atoms with Crippen LogP contribution in [0.2, 0.25) is 0 Å². The summed E-state index contributed by atoms with van der Waals surface area (Å²) in [5.41, 5.74) is -0.672. The fraction of sp³-hybridized carbons (Fsp3) is 0.250. The molecule has 0 saturated carbocycles. The number of aromatic nitrogens is 4. The van der Waals surface area contributed by atoms with Crippen LogP contribution in [-0.2, 0) is 27.3 Å². The van der Waals surface area contributed by atoms with Crippen molar-refractivity contribution in [3.05, 3.63) is 41.5 Å². The Balaban J connectivity index is 1.91. The number of methoxy groups -OCH3 is 1. The zero-order valence-corrected chi connectivity index (χ0v) is 15.8. The van der Waals surface area contributed by atoms with E-state index >= 15 is 0 Å². The van der Waals surface area contributed by atoms with Crippen molar-refractivity contribution in [2.24, 2.45) is 0 Å². The first-order valence-corrected chi connectivity index (χ1v) is 9.83. The molecule has 0 aliphatic carbocycles. The summed E-state index contributed by atoms with van der Waals surface area (Å²) in [5.74, 6) is -0.831. The number of H-pyrrole nitrogens is 1. The van der Waals surface area contributed by atoms with Crippen molar-refractivity contribution in [3.63, 3.8) is 0 Å². The summed E-state index contributed by atoms with van der Waals surface area (Å²) in [6.07, 6.45) is -2.69. The monoisotopic (exact) mass is 429 g/mol. The van der Waals surface area contributed by atoms with Crippen LogP contribution in [0.15, 0.2) is 29.3 Å². The Morgan fingerprint density at radius 1 is 1.28 bits per heavy atom. The number of carbonyl (C=O) groups is 1. The third kappa shape index (κ3) is 4.45. The number of alkyl halides is 3. The first-order chi connectivity index (χ1) is 13.5. The van der Waals surface area contributed by atoms with Crippen LogP contribution >= 0.6 is 0 Å². The highest BCUT2D eigenvalue weighted by molar-refractivity contribution is 7.90. The van der Waals surface area contributed by atoms with Crippen LogP contribution in [0.25, 0.3) is 11.0 Å². The second-order valence-corrected chi connectivity index (χ2v) is 7.91. The van der Waals surface area contributed by atoms with Crippen LogP contribution in [0.1, 0.15) is 21.9 Å². The quantitative estimate of drug-likeness (QED) is 0.591. The van der Waals surface area contributed by atoms with Crippen molar-refractivity contribution in [1.29, 1.82) is 0 Å². The molecule has 2 heterocycles. The predicted molar refractivity (Wildman–Crippen MR) is 94.9 cm³/mol. The minimum Gasteiger partial charge on any atom is -0.465 e. The maximum atomic E-state index is 12.7. The van der Waals surface area contributed by atoms with Gasteiger partial charge in [-0.15, -0.1) is 0 Å². The molecule has 0 atom stereocenters. The first-order valence-electron chi connectivity index (χ1n) is 7.94. The number of ether oxygens (including phenoxy) is 1. The molecule has 2 N–H and O–H groups in total. The van der Waals surface area contributed by atoms with Crippen molar-refractivity contribution >= 4 is 32.8 Å². The Bertz CT molecular complexity index is 1190. The third-order valence-electron chi connectivity index (χ3n) is 3.80. The minimum atomic E-state index is -4.61. The lowest BCUT2D eigenvalue weighted by Crippen LogP contribution is -2.11. The van der Waals surface area contributed by atoms with Crippen molar-refractivity contribution in [2.45, 2.75) is 17.6 Å². The van der Waals surface area contributed by atoms with Crippen LogP contribution in [0.5, 0.6) is 0 Å². The molecule has 1 aromatic carbocycles. The van der Waals surface area contributed by atoms with E-state index in [2.05, 4.69) is 30.0 Å². The molecule has 9 nitrogen and oxygen atoms in total.